The van der Waals surface area contributed by atoms with Gasteiger partial charge in [-0.3, -0.25) is 9.89 Å². The molecule has 2 aromatic carbocycles. The number of amides is 1. The van der Waals surface area contributed by atoms with E-state index in [2.05, 4.69) is 15.5 Å². The molecule has 5 aromatic rings. The van der Waals surface area contributed by atoms with Crippen LogP contribution in [0.2, 0.25) is 0 Å². The standard InChI is InChI=1S/C26H26FN7OS/c1-4-22(25(35)28-21-12-8-6-10-19(21)27)36-26-29-20-11-7-5-9-18(20)24-30-23(33-34(24)26)14-13-17-15(2)31-32-16(17)3/h5-12,22H,4,13-14H2,1-3H3,(H,28,35)(H,31,32)/t22-/m0/s1. The van der Waals surface area contributed by atoms with Crippen molar-refractivity contribution in [2.24, 2.45) is 0 Å². The van der Waals surface area contributed by atoms with Crippen molar-refractivity contribution < 1.29 is 9.18 Å². The number of rotatable bonds is 8. The van der Waals surface area contributed by atoms with Gasteiger partial charge in [0, 0.05) is 17.5 Å². The highest BCUT2D eigenvalue weighted by atomic mass is 32.2. The van der Waals surface area contributed by atoms with Crippen LogP contribution in [0.1, 0.15) is 36.1 Å². The SMILES string of the molecule is CC[C@H](Sc1nc2ccccc2c2nc(CCc3c(C)n[nH]c3C)nn12)C(=O)Nc1ccccc1F. The van der Waals surface area contributed by atoms with Crippen molar-refractivity contribution in [3.8, 4) is 0 Å². The summed E-state index contributed by atoms with van der Waals surface area (Å²) >= 11 is 1.30. The van der Waals surface area contributed by atoms with Crippen LogP contribution in [0, 0.1) is 19.7 Å². The fraction of sp³-hybridized carbons (Fsp3) is 0.269. The topological polar surface area (TPSA) is 101 Å². The summed E-state index contributed by atoms with van der Waals surface area (Å²) in [5, 5.41) is 15.7. The number of hydrogen-bond donors (Lipinski definition) is 2. The number of anilines is 1. The first-order valence-electron chi connectivity index (χ1n) is 11.8. The molecule has 0 bridgehead atoms. The van der Waals surface area contributed by atoms with Gasteiger partial charge in [-0.2, -0.15) is 9.61 Å². The zero-order valence-corrected chi connectivity index (χ0v) is 21.1. The molecule has 3 aromatic heterocycles. The van der Waals surface area contributed by atoms with Gasteiger partial charge in [0.05, 0.1) is 22.1 Å². The Bertz CT molecular complexity index is 1540. The number of nitrogens with zero attached hydrogens (tertiary/aromatic N) is 5. The van der Waals surface area contributed by atoms with E-state index in [0.29, 0.717) is 29.5 Å². The smallest absolute Gasteiger partial charge is 0.238 e. The van der Waals surface area contributed by atoms with Crippen molar-refractivity contribution in [2.75, 3.05) is 5.32 Å². The molecule has 0 aliphatic carbocycles. The molecule has 2 N–H and O–H groups in total. The minimum Gasteiger partial charge on any atom is -0.323 e. The number of para-hydroxylation sites is 2. The van der Waals surface area contributed by atoms with Crippen molar-refractivity contribution in [3.05, 3.63) is 77.1 Å². The molecule has 0 saturated heterocycles. The van der Waals surface area contributed by atoms with Gasteiger partial charge in [-0.25, -0.2) is 14.4 Å². The van der Waals surface area contributed by atoms with Gasteiger partial charge in [0.15, 0.2) is 16.6 Å². The maximum atomic E-state index is 14.1. The van der Waals surface area contributed by atoms with Crippen LogP contribution in [-0.2, 0) is 17.6 Å². The van der Waals surface area contributed by atoms with Gasteiger partial charge in [-0.05, 0) is 56.5 Å². The van der Waals surface area contributed by atoms with Crippen LogP contribution in [0.4, 0.5) is 10.1 Å². The number of benzene rings is 2. The molecule has 36 heavy (non-hydrogen) atoms. The number of H-pyrrole nitrogens is 1. The number of aromatic nitrogens is 6. The number of thioether (sulfide) groups is 1. The third-order valence-corrected chi connectivity index (χ3v) is 7.42. The number of halogens is 1. The van der Waals surface area contributed by atoms with Crippen LogP contribution >= 0.6 is 11.8 Å². The molecule has 1 amide bonds. The summed E-state index contributed by atoms with van der Waals surface area (Å²) in [6.07, 6.45) is 1.94. The van der Waals surface area contributed by atoms with Crippen molar-refractivity contribution in [3.63, 3.8) is 0 Å². The van der Waals surface area contributed by atoms with Crippen LogP contribution in [0.3, 0.4) is 0 Å². The van der Waals surface area contributed by atoms with Gasteiger partial charge in [0.2, 0.25) is 5.91 Å². The van der Waals surface area contributed by atoms with E-state index < -0.39 is 11.1 Å². The van der Waals surface area contributed by atoms with Gasteiger partial charge in [0.1, 0.15) is 5.82 Å². The Morgan fingerprint density at radius 1 is 1.11 bits per heavy atom. The Morgan fingerprint density at radius 3 is 2.64 bits per heavy atom. The fourth-order valence-electron chi connectivity index (χ4n) is 4.16. The van der Waals surface area contributed by atoms with E-state index >= 15 is 0 Å². The highest BCUT2D eigenvalue weighted by molar-refractivity contribution is 8.00. The van der Waals surface area contributed by atoms with Crippen LogP contribution in [0.25, 0.3) is 16.6 Å². The maximum Gasteiger partial charge on any atom is 0.238 e. The monoisotopic (exact) mass is 503 g/mol. The Kier molecular flexibility index (Phi) is 6.69. The molecule has 0 aliphatic rings. The van der Waals surface area contributed by atoms with Crippen molar-refractivity contribution in [1.82, 2.24) is 29.8 Å². The summed E-state index contributed by atoms with van der Waals surface area (Å²) in [4.78, 5) is 22.7. The van der Waals surface area contributed by atoms with Gasteiger partial charge in [-0.1, -0.05) is 43.0 Å². The van der Waals surface area contributed by atoms with Crippen molar-refractivity contribution in [1.29, 1.82) is 0 Å². The average molecular weight is 504 g/mol. The summed E-state index contributed by atoms with van der Waals surface area (Å²) in [6.45, 7) is 5.91. The van der Waals surface area contributed by atoms with E-state index in [-0.39, 0.29) is 11.6 Å². The van der Waals surface area contributed by atoms with Gasteiger partial charge in [0.25, 0.3) is 0 Å². The summed E-state index contributed by atoms with van der Waals surface area (Å²) in [5.41, 5.74) is 4.83. The second kappa shape index (κ2) is 10.1. The molecule has 0 saturated carbocycles. The molecule has 0 unspecified atom stereocenters. The third kappa shape index (κ3) is 4.68. The number of carbonyl (C=O) groups excluding carboxylic acids is 1. The molecule has 8 nitrogen and oxygen atoms in total. The largest absolute Gasteiger partial charge is 0.323 e. The first-order chi connectivity index (χ1) is 17.4. The van der Waals surface area contributed by atoms with Crippen LogP contribution in [0.15, 0.2) is 53.7 Å². The zero-order chi connectivity index (χ0) is 25.2. The summed E-state index contributed by atoms with van der Waals surface area (Å²) in [7, 11) is 0. The van der Waals surface area contributed by atoms with Crippen LogP contribution < -0.4 is 5.32 Å². The van der Waals surface area contributed by atoms with Crippen molar-refractivity contribution >= 4 is 39.9 Å². The lowest BCUT2D eigenvalue weighted by Crippen LogP contribution is -2.25. The fourth-order valence-corrected chi connectivity index (χ4v) is 5.13. The number of aryl methyl sites for hydroxylation is 3. The summed E-state index contributed by atoms with van der Waals surface area (Å²) in [6, 6.07) is 13.9. The van der Waals surface area contributed by atoms with Gasteiger partial charge >= 0.3 is 0 Å². The molecule has 0 spiro atoms. The number of nitrogens with one attached hydrogen (secondary N) is 2. The average Bonchev–Trinajstić information content (AvgIpc) is 3.45. The Balaban J connectivity index is 1.47. The van der Waals surface area contributed by atoms with Crippen molar-refractivity contribution in [2.45, 2.75) is 50.4 Å². The maximum absolute atomic E-state index is 14.1. The number of hydrogen-bond acceptors (Lipinski definition) is 6. The van der Waals surface area contributed by atoms with E-state index in [1.165, 1.54) is 23.4 Å². The highest BCUT2D eigenvalue weighted by Gasteiger charge is 2.23. The van der Waals surface area contributed by atoms with Gasteiger partial charge < -0.3 is 5.32 Å². The molecule has 3 heterocycles. The predicted octanol–water partition coefficient (Wildman–Crippen LogP) is 5.05. The Hall–Kier alpha value is -3.79. The lowest BCUT2D eigenvalue weighted by atomic mass is 10.1. The lowest BCUT2D eigenvalue weighted by molar-refractivity contribution is -0.115. The molecule has 0 radical (unpaired) electrons. The second-order valence-corrected chi connectivity index (χ2v) is 9.74. The molecular weight excluding hydrogens is 477 g/mol. The molecule has 0 fully saturated rings. The molecule has 0 aliphatic heterocycles. The minimum atomic E-state index is -0.495. The molecular formula is C26H26FN7OS. The molecule has 10 heteroatoms. The van der Waals surface area contributed by atoms with E-state index in [1.54, 1.807) is 22.7 Å². The van der Waals surface area contributed by atoms with E-state index in [9.17, 15) is 9.18 Å². The predicted molar refractivity (Wildman–Crippen MR) is 139 cm³/mol. The quantitative estimate of drug-likeness (QED) is 0.227. The third-order valence-electron chi connectivity index (χ3n) is 6.12. The van der Waals surface area contributed by atoms with E-state index in [4.69, 9.17) is 15.1 Å². The van der Waals surface area contributed by atoms with Gasteiger partial charge in [-0.15, -0.1) is 5.10 Å². The Morgan fingerprint density at radius 2 is 1.89 bits per heavy atom. The number of fused-ring (bicyclic) bond motifs is 3. The van der Waals surface area contributed by atoms with Crippen LogP contribution in [0.5, 0.6) is 0 Å². The molecule has 5 rings (SSSR count). The number of aromatic amines is 1. The second-order valence-electron chi connectivity index (χ2n) is 8.57. The van der Waals surface area contributed by atoms with E-state index in [0.717, 1.165) is 28.7 Å². The molecule has 1 atom stereocenters. The van der Waals surface area contributed by atoms with Crippen LogP contribution in [-0.4, -0.2) is 40.9 Å². The molecule has 184 valence electrons. The summed E-state index contributed by atoms with van der Waals surface area (Å²) in [5.74, 6) is -0.0678. The minimum absolute atomic E-state index is 0.158. The zero-order valence-electron chi connectivity index (χ0n) is 20.2. The van der Waals surface area contributed by atoms with E-state index in [1.807, 2.05) is 45.0 Å². The summed E-state index contributed by atoms with van der Waals surface area (Å²) < 4.78 is 15.8. The number of carbonyl (C=O) groups is 1. The lowest BCUT2D eigenvalue weighted by Gasteiger charge is -2.15. The first-order valence-corrected chi connectivity index (χ1v) is 12.7. The normalized spacial score (nSPS) is 12.3. The Labute approximate surface area is 211 Å². The first kappa shape index (κ1) is 23.9. The highest BCUT2D eigenvalue weighted by Crippen LogP contribution is 2.29.